The third kappa shape index (κ3) is 5.15. The zero-order chi connectivity index (χ0) is 20.8. The van der Waals surface area contributed by atoms with Gasteiger partial charge in [-0.25, -0.2) is 0 Å². The highest BCUT2D eigenvalue weighted by molar-refractivity contribution is 5.98. The highest BCUT2D eigenvalue weighted by atomic mass is 16.5. The highest BCUT2D eigenvalue weighted by Gasteiger charge is 2.32. The fourth-order valence-electron chi connectivity index (χ4n) is 3.26. The van der Waals surface area contributed by atoms with Gasteiger partial charge in [-0.15, -0.1) is 0 Å². The molecule has 154 valence electrons. The molecule has 8 heteroatoms. The first kappa shape index (κ1) is 21.5. The maximum atomic E-state index is 13.0. The summed E-state index contributed by atoms with van der Waals surface area (Å²) in [5.41, 5.74) is 5.70. The minimum atomic E-state index is -0.671. The van der Waals surface area contributed by atoms with Crippen molar-refractivity contribution in [2.75, 3.05) is 27.3 Å². The van der Waals surface area contributed by atoms with Crippen LogP contribution in [0.2, 0.25) is 0 Å². The van der Waals surface area contributed by atoms with Gasteiger partial charge >= 0.3 is 0 Å². The molecule has 3 N–H and O–H groups in total. The van der Waals surface area contributed by atoms with Crippen LogP contribution in [0, 0.1) is 11.8 Å². The van der Waals surface area contributed by atoms with E-state index < -0.39 is 6.04 Å². The number of rotatable bonds is 7. The number of nitrogens with zero attached hydrogens (tertiary/aromatic N) is 1. The Morgan fingerprint density at radius 2 is 1.61 bits per heavy atom. The van der Waals surface area contributed by atoms with E-state index in [1.54, 1.807) is 23.1 Å². The van der Waals surface area contributed by atoms with E-state index in [0.717, 1.165) is 0 Å². The summed E-state index contributed by atoms with van der Waals surface area (Å²) in [6.45, 7) is 4.67. The van der Waals surface area contributed by atoms with Gasteiger partial charge in [0.15, 0.2) is 0 Å². The number of methoxy groups -OCH3 is 2. The summed E-state index contributed by atoms with van der Waals surface area (Å²) >= 11 is 0. The molecule has 0 bridgehead atoms. The van der Waals surface area contributed by atoms with Gasteiger partial charge in [0.05, 0.1) is 14.2 Å². The first-order valence-electron chi connectivity index (χ1n) is 9.38. The number of primary amides is 1. The predicted molar refractivity (Wildman–Crippen MR) is 104 cm³/mol. The minimum Gasteiger partial charge on any atom is -0.497 e. The minimum absolute atomic E-state index is 0.0992. The third-order valence-electron chi connectivity index (χ3n) is 5.04. The van der Waals surface area contributed by atoms with Crippen LogP contribution in [0.25, 0.3) is 0 Å². The molecule has 0 aliphatic carbocycles. The summed E-state index contributed by atoms with van der Waals surface area (Å²) < 4.78 is 10.4. The van der Waals surface area contributed by atoms with Gasteiger partial charge in [-0.05, 0) is 30.9 Å². The van der Waals surface area contributed by atoms with E-state index in [1.165, 1.54) is 14.2 Å². The molecule has 1 saturated heterocycles. The van der Waals surface area contributed by atoms with Crippen LogP contribution in [-0.4, -0.2) is 56.0 Å². The number of amides is 3. The van der Waals surface area contributed by atoms with Gasteiger partial charge in [0.25, 0.3) is 5.91 Å². The van der Waals surface area contributed by atoms with Gasteiger partial charge in [0.2, 0.25) is 11.8 Å². The SMILES string of the molecule is COc1cc(OC)cc(C(=O)N[C@@H](C(=O)N2CCC(C(N)=O)CC2)C(C)C)c1. The Morgan fingerprint density at radius 1 is 1.07 bits per heavy atom. The van der Waals surface area contributed by atoms with Crippen LogP contribution < -0.4 is 20.5 Å². The van der Waals surface area contributed by atoms with Crippen LogP contribution in [0.3, 0.4) is 0 Å². The largest absolute Gasteiger partial charge is 0.497 e. The molecule has 1 aromatic rings. The maximum absolute atomic E-state index is 13.0. The monoisotopic (exact) mass is 391 g/mol. The van der Waals surface area contributed by atoms with Crippen LogP contribution in [0.4, 0.5) is 0 Å². The number of likely N-dealkylation sites (tertiary alicyclic amines) is 1. The summed E-state index contributed by atoms with van der Waals surface area (Å²) in [7, 11) is 3.01. The lowest BCUT2D eigenvalue weighted by Gasteiger charge is -2.34. The average Bonchev–Trinajstić information content (AvgIpc) is 2.70. The smallest absolute Gasteiger partial charge is 0.252 e. The van der Waals surface area contributed by atoms with E-state index in [4.69, 9.17) is 15.2 Å². The van der Waals surface area contributed by atoms with Crippen molar-refractivity contribution in [2.45, 2.75) is 32.7 Å². The topological polar surface area (TPSA) is 111 Å². The lowest BCUT2D eigenvalue weighted by molar-refractivity contribution is -0.137. The normalized spacial score (nSPS) is 15.8. The van der Waals surface area contributed by atoms with Gasteiger partial charge in [-0.2, -0.15) is 0 Å². The second kappa shape index (κ2) is 9.43. The van der Waals surface area contributed by atoms with Crippen molar-refractivity contribution in [1.29, 1.82) is 0 Å². The number of nitrogens with one attached hydrogen (secondary N) is 1. The van der Waals surface area contributed by atoms with Crippen molar-refractivity contribution in [3.63, 3.8) is 0 Å². The molecule has 0 spiro atoms. The average molecular weight is 391 g/mol. The summed E-state index contributed by atoms with van der Waals surface area (Å²) in [5, 5.41) is 2.83. The summed E-state index contributed by atoms with van der Waals surface area (Å²) in [4.78, 5) is 38.8. The Kier molecular flexibility index (Phi) is 7.25. The summed E-state index contributed by atoms with van der Waals surface area (Å²) in [5.74, 6) is -0.167. The van der Waals surface area contributed by atoms with E-state index in [2.05, 4.69) is 5.32 Å². The Hall–Kier alpha value is -2.77. The molecular formula is C20H29N3O5. The fraction of sp³-hybridized carbons (Fsp3) is 0.550. The predicted octanol–water partition coefficient (Wildman–Crippen LogP) is 1.18. The van der Waals surface area contributed by atoms with Gasteiger partial charge in [-0.3, -0.25) is 14.4 Å². The summed E-state index contributed by atoms with van der Waals surface area (Å²) in [6, 6.07) is 4.19. The molecule has 2 rings (SSSR count). The quantitative estimate of drug-likeness (QED) is 0.725. The number of piperidine rings is 1. The van der Waals surface area contributed by atoms with Gasteiger partial charge in [0, 0.05) is 30.6 Å². The number of hydrogen-bond acceptors (Lipinski definition) is 5. The van der Waals surface area contributed by atoms with Crippen molar-refractivity contribution < 1.29 is 23.9 Å². The van der Waals surface area contributed by atoms with Crippen molar-refractivity contribution in [1.82, 2.24) is 10.2 Å². The van der Waals surface area contributed by atoms with Crippen LogP contribution in [0.15, 0.2) is 18.2 Å². The molecule has 1 fully saturated rings. The number of nitrogens with two attached hydrogens (primary N) is 1. The first-order valence-corrected chi connectivity index (χ1v) is 9.38. The van der Waals surface area contributed by atoms with E-state index >= 15 is 0 Å². The van der Waals surface area contributed by atoms with E-state index in [0.29, 0.717) is 43.0 Å². The fourth-order valence-corrected chi connectivity index (χ4v) is 3.26. The Morgan fingerprint density at radius 3 is 2.04 bits per heavy atom. The third-order valence-corrected chi connectivity index (χ3v) is 5.04. The number of benzene rings is 1. The van der Waals surface area contributed by atoms with Crippen molar-refractivity contribution >= 4 is 17.7 Å². The first-order chi connectivity index (χ1) is 13.3. The standard InChI is InChI=1S/C20H29N3O5/c1-12(2)17(20(26)23-7-5-13(6-8-23)18(21)24)22-19(25)14-9-15(27-3)11-16(10-14)28-4/h9-13,17H,5-8H2,1-4H3,(H2,21,24)(H,22,25)/t17-/m1/s1. The number of hydrogen-bond donors (Lipinski definition) is 2. The second-order valence-electron chi connectivity index (χ2n) is 7.30. The van der Waals surface area contributed by atoms with Crippen LogP contribution in [0.1, 0.15) is 37.0 Å². The maximum Gasteiger partial charge on any atom is 0.252 e. The number of carbonyl (C=O) groups is 3. The lowest BCUT2D eigenvalue weighted by atomic mass is 9.94. The molecule has 1 heterocycles. The molecule has 0 radical (unpaired) electrons. The van der Waals surface area contributed by atoms with Crippen LogP contribution in [-0.2, 0) is 9.59 Å². The molecule has 1 aliphatic heterocycles. The van der Waals surface area contributed by atoms with Crippen molar-refractivity contribution in [3.8, 4) is 11.5 Å². The second-order valence-corrected chi connectivity index (χ2v) is 7.30. The number of carbonyl (C=O) groups excluding carboxylic acids is 3. The van der Waals surface area contributed by atoms with Gasteiger partial charge in [0.1, 0.15) is 17.5 Å². The molecule has 0 saturated carbocycles. The molecule has 1 atom stereocenters. The van der Waals surface area contributed by atoms with E-state index in [-0.39, 0.29) is 29.6 Å². The molecule has 1 aromatic carbocycles. The van der Waals surface area contributed by atoms with E-state index in [9.17, 15) is 14.4 Å². The van der Waals surface area contributed by atoms with Crippen molar-refractivity contribution in [3.05, 3.63) is 23.8 Å². The van der Waals surface area contributed by atoms with Gasteiger partial charge in [-0.1, -0.05) is 13.8 Å². The molecule has 0 aromatic heterocycles. The molecular weight excluding hydrogens is 362 g/mol. The molecule has 8 nitrogen and oxygen atoms in total. The van der Waals surface area contributed by atoms with Gasteiger partial charge < -0.3 is 25.4 Å². The Bertz CT molecular complexity index is 704. The summed E-state index contributed by atoms with van der Waals surface area (Å²) in [6.07, 6.45) is 1.10. The zero-order valence-corrected chi connectivity index (χ0v) is 16.9. The molecule has 3 amide bonds. The highest BCUT2D eigenvalue weighted by Crippen LogP contribution is 2.23. The van der Waals surface area contributed by atoms with Crippen LogP contribution in [0.5, 0.6) is 11.5 Å². The van der Waals surface area contributed by atoms with E-state index in [1.807, 2.05) is 13.8 Å². The van der Waals surface area contributed by atoms with Crippen molar-refractivity contribution in [2.24, 2.45) is 17.6 Å². The zero-order valence-electron chi connectivity index (χ0n) is 16.9. The Balaban J connectivity index is 2.11. The molecule has 1 aliphatic rings. The molecule has 28 heavy (non-hydrogen) atoms. The lowest BCUT2D eigenvalue weighted by Crippen LogP contribution is -2.53. The van der Waals surface area contributed by atoms with Crippen LogP contribution >= 0.6 is 0 Å². The Labute approximate surface area is 165 Å². The molecule has 0 unspecified atom stereocenters. The number of ether oxygens (including phenoxy) is 2.